The number of hydrogen-bond acceptors (Lipinski definition) is 6. The molecule has 0 bridgehead atoms. The SMILES string of the molecule is CC(NS(=O)(=O)c1ccc(CNC2CC2)s1)c1nccs1. The summed E-state index contributed by atoms with van der Waals surface area (Å²) in [5.74, 6) is 0. The minimum absolute atomic E-state index is 0.315. The molecule has 1 aliphatic rings. The highest BCUT2D eigenvalue weighted by Gasteiger charge is 2.23. The Labute approximate surface area is 132 Å². The van der Waals surface area contributed by atoms with Crippen molar-refractivity contribution in [3.63, 3.8) is 0 Å². The molecule has 0 saturated heterocycles. The topological polar surface area (TPSA) is 71.1 Å². The lowest BCUT2D eigenvalue weighted by Gasteiger charge is -2.10. The van der Waals surface area contributed by atoms with Crippen LogP contribution in [0.15, 0.2) is 27.9 Å². The first-order valence-corrected chi connectivity index (χ1v) is 9.96. The number of thiophene rings is 1. The fourth-order valence-corrected chi connectivity index (χ4v) is 5.17. The maximum absolute atomic E-state index is 12.4. The van der Waals surface area contributed by atoms with Gasteiger partial charge in [0.1, 0.15) is 9.22 Å². The summed E-state index contributed by atoms with van der Waals surface area (Å²) < 4.78 is 27.8. The largest absolute Gasteiger partial charge is 0.309 e. The third-order valence-electron chi connectivity index (χ3n) is 3.20. The van der Waals surface area contributed by atoms with Crippen molar-refractivity contribution >= 4 is 32.7 Å². The van der Waals surface area contributed by atoms with E-state index in [2.05, 4.69) is 15.0 Å². The summed E-state index contributed by atoms with van der Waals surface area (Å²) in [6.07, 6.45) is 4.13. The smallest absolute Gasteiger partial charge is 0.250 e. The molecule has 1 unspecified atom stereocenters. The van der Waals surface area contributed by atoms with Gasteiger partial charge in [-0.25, -0.2) is 18.1 Å². The lowest BCUT2D eigenvalue weighted by atomic mass is 10.4. The molecule has 2 aromatic rings. The Kier molecular flexibility index (Phi) is 4.41. The van der Waals surface area contributed by atoms with E-state index in [4.69, 9.17) is 0 Å². The lowest BCUT2D eigenvalue weighted by molar-refractivity contribution is 0.568. The number of nitrogens with one attached hydrogen (secondary N) is 2. The first-order valence-electron chi connectivity index (χ1n) is 6.78. The maximum atomic E-state index is 12.4. The Morgan fingerprint density at radius 2 is 2.24 bits per heavy atom. The van der Waals surface area contributed by atoms with Gasteiger partial charge in [-0.3, -0.25) is 0 Å². The average molecular weight is 343 g/mol. The molecule has 21 heavy (non-hydrogen) atoms. The van der Waals surface area contributed by atoms with Gasteiger partial charge in [0.2, 0.25) is 0 Å². The van der Waals surface area contributed by atoms with Crippen LogP contribution in [-0.4, -0.2) is 19.4 Å². The summed E-state index contributed by atoms with van der Waals surface area (Å²) >= 11 is 2.76. The van der Waals surface area contributed by atoms with E-state index in [1.165, 1.54) is 35.5 Å². The van der Waals surface area contributed by atoms with E-state index in [1.54, 1.807) is 19.2 Å². The normalized spacial score (nSPS) is 17.0. The summed E-state index contributed by atoms with van der Waals surface area (Å²) in [6.45, 7) is 2.55. The van der Waals surface area contributed by atoms with Crippen molar-refractivity contribution in [1.29, 1.82) is 0 Å². The van der Waals surface area contributed by atoms with Crippen molar-refractivity contribution in [2.24, 2.45) is 0 Å². The van der Waals surface area contributed by atoms with Crippen LogP contribution in [0.2, 0.25) is 0 Å². The highest BCUT2D eigenvalue weighted by atomic mass is 32.2. The molecule has 1 saturated carbocycles. The second kappa shape index (κ2) is 6.13. The molecule has 5 nitrogen and oxygen atoms in total. The molecule has 114 valence electrons. The zero-order valence-corrected chi connectivity index (χ0v) is 14.0. The van der Waals surface area contributed by atoms with E-state index in [0.717, 1.165) is 16.4 Å². The van der Waals surface area contributed by atoms with Gasteiger partial charge in [-0.05, 0) is 31.9 Å². The lowest BCUT2D eigenvalue weighted by Crippen LogP contribution is -2.26. The highest BCUT2D eigenvalue weighted by Crippen LogP contribution is 2.25. The van der Waals surface area contributed by atoms with Crippen molar-refractivity contribution in [2.75, 3.05) is 0 Å². The second-order valence-corrected chi connectivity index (χ2v) is 9.12. The molecule has 0 aromatic carbocycles. The zero-order chi connectivity index (χ0) is 14.9. The summed E-state index contributed by atoms with van der Waals surface area (Å²) in [7, 11) is -3.48. The van der Waals surface area contributed by atoms with Crippen LogP contribution < -0.4 is 10.0 Å². The van der Waals surface area contributed by atoms with E-state index in [1.807, 2.05) is 11.4 Å². The molecule has 1 fully saturated rings. The van der Waals surface area contributed by atoms with Gasteiger partial charge in [0.15, 0.2) is 0 Å². The fourth-order valence-electron chi connectivity index (χ4n) is 1.92. The van der Waals surface area contributed by atoms with E-state index in [9.17, 15) is 8.42 Å². The van der Waals surface area contributed by atoms with Gasteiger partial charge in [-0.1, -0.05) is 0 Å². The van der Waals surface area contributed by atoms with Crippen molar-refractivity contribution < 1.29 is 8.42 Å². The molecule has 3 rings (SSSR count). The minimum Gasteiger partial charge on any atom is -0.309 e. The van der Waals surface area contributed by atoms with Crippen LogP contribution in [0.25, 0.3) is 0 Å². The molecule has 1 aliphatic carbocycles. The average Bonchev–Trinajstić information content (AvgIpc) is 2.96. The zero-order valence-electron chi connectivity index (χ0n) is 11.6. The second-order valence-electron chi connectivity index (χ2n) is 5.09. The summed E-state index contributed by atoms with van der Waals surface area (Å²) in [5, 5.41) is 6.00. The molecule has 2 aromatic heterocycles. The monoisotopic (exact) mass is 343 g/mol. The van der Waals surface area contributed by atoms with Gasteiger partial charge < -0.3 is 5.32 Å². The number of sulfonamides is 1. The highest BCUT2D eigenvalue weighted by molar-refractivity contribution is 7.91. The van der Waals surface area contributed by atoms with Gasteiger partial charge in [-0.15, -0.1) is 22.7 Å². The summed E-state index contributed by atoms with van der Waals surface area (Å²) in [5.41, 5.74) is 0. The Balaban J connectivity index is 1.66. The number of rotatable bonds is 7. The summed E-state index contributed by atoms with van der Waals surface area (Å²) in [4.78, 5) is 5.19. The van der Waals surface area contributed by atoms with Crippen LogP contribution in [0.5, 0.6) is 0 Å². The Morgan fingerprint density at radius 3 is 2.90 bits per heavy atom. The number of aromatic nitrogens is 1. The summed E-state index contributed by atoms with van der Waals surface area (Å²) in [6, 6.07) is 3.86. The van der Waals surface area contributed by atoms with Gasteiger partial charge in [0.25, 0.3) is 10.0 Å². The number of nitrogens with zero attached hydrogens (tertiary/aromatic N) is 1. The quantitative estimate of drug-likeness (QED) is 0.810. The van der Waals surface area contributed by atoms with E-state index in [0.29, 0.717) is 10.3 Å². The Morgan fingerprint density at radius 1 is 1.43 bits per heavy atom. The van der Waals surface area contributed by atoms with Gasteiger partial charge in [0.05, 0.1) is 6.04 Å². The predicted molar refractivity (Wildman–Crippen MR) is 85.0 cm³/mol. The first-order chi connectivity index (χ1) is 10.0. The maximum Gasteiger partial charge on any atom is 0.250 e. The van der Waals surface area contributed by atoms with Crippen molar-refractivity contribution in [3.05, 3.63) is 33.6 Å². The standard InChI is InChI=1S/C13H17N3O2S3/c1-9(13-14-6-7-19-13)16-21(17,18)12-5-4-11(20-12)8-15-10-2-3-10/h4-7,9-10,15-16H,2-3,8H2,1H3. The van der Waals surface area contributed by atoms with Crippen LogP contribution >= 0.6 is 22.7 Å². The van der Waals surface area contributed by atoms with Crippen LogP contribution in [-0.2, 0) is 16.6 Å². The number of thiazole rings is 1. The molecule has 2 heterocycles. The minimum atomic E-state index is -3.48. The Hall–Kier alpha value is -0.800. The van der Waals surface area contributed by atoms with E-state index in [-0.39, 0.29) is 6.04 Å². The molecule has 0 amide bonds. The molecule has 0 aliphatic heterocycles. The molecule has 1 atom stereocenters. The van der Waals surface area contributed by atoms with E-state index < -0.39 is 10.0 Å². The van der Waals surface area contributed by atoms with Crippen molar-refractivity contribution in [1.82, 2.24) is 15.0 Å². The number of hydrogen-bond donors (Lipinski definition) is 2. The van der Waals surface area contributed by atoms with Gasteiger partial charge in [-0.2, -0.15) is 0 Å². The van der Waals surface area contributed by atoms with E-state index >= 15 is 0 Å². The van der Waals surface area contributed by atoms with Crippen molar-refractivity contribution in [2.45, 2.75) is 42.6 Å². The molecular formula is C13H17N3O2S3. The van der Waals surface area contributed by atoms with Gasteiger partial charge in [0, 0.05) is 29.0 Å². The van der Waals surface area contributed by atoms with Crippen LogP contribution in [0, 0.1) is 0 Å². The predicted octanol–water partition coefficient (Wildman–Crippen LogP) is 2.50. The fraction of sp³-hybridized carbons (Fsp3) is 0.462. The molecule has 8 heteroatoms. The molecule has 0 spiro atoms. The third kappa shape index (κ3) is 3.89. The molecule has 0 radical (unpaired) electrons. The third-order valence-corrected chi connectivity index (χ3v) is 7.27. The van der Waals surface area contributed by atoms with Crippen LogP contribution in [0.1, 0.15) is 35.7 Å². The molecular weight excluding hydrogens is 326 g/mol. The van der Waals surface area contributed by atoms with Crippen molar-refractivity contribution in [3.8, 4) is 0 Å². The Bertz CT molecular complexity index is 690. The van der Waals surface area contributed by atoms with Crippen LogP contribution in [0.3, 0.4) is 0 Å². The van der Waals surface area contributed by atoms with Crippen LogP contribution in [0.4, 0.5) is 0 Å². The van der Waals surface area contributed by atoms with Gasteiger partial charge >= 0.3 is 0 Å². The first kappa shape index (κ1) is 15.1. The molecule has 2 N–H and O–H groups in total.